The van der Waals surface area contributed by atoms with Crippen molar-refractivity contribution in [3.8, 4) is 0 Å². The first-order chi connectivity index (χ1) is 10.3. The molecule has 1 aromatic carbocycles. The van der Waals surface area contributed by atoms with Crippen LogP contribution in [0.15, 0.2) is 30.3 Å². The molecule has 2 aromatic rings. The van der Waals surface area contributed by atoms with Crippen molar-refractivity contribution in [1.82, 2.24) is 4.98 Å². The molecule has 1 aromatic heterocycles. The molecule has 21 heavy (non-hydrogen) atoms. The van der Waals surface area contributed by atoms with Gasteiger partial charge in [-0.3, -0.25) is 0 Å². The summed E-state index contributed by atoms with van der Waals surface area (Å²) >= 11 is 0. The number of aromatic nitrogens is 1. The second kappa shape index (κ2) is 7.93. The van der Waals surface area contributed by atoms with E-state index in [9.17, 15) is 0 Å². The highest BCUT2D eigenvalue weighted by atomic mass is 16.5. The number of anilines is 1. The third kappa shape index (κ3) is 3.91. The van der Waals surface area contributed by atoms with Crippen LogP contribution in [0.25, 0.3) is 10.9 Å². The van der Waals surface area contributed by atoms with Gasteiger partial charge in [-0.25, -0.2) is 4.98 Å². The lowest BCUT2D eigenvalue weighted by Gasteiger charge is -2.24. The van der Waals surface area contributed by atoms with E-state index in [1.54, 1.807) is 14.2 Å². The second-order valence-corrected chi connectivity index (χ2v) is 4.83. The predicted molar refractivity (Wildman–Crippen MR) is 85.6 cm³/mol. The van der Waals surface area contributed by atoms with Crippen LogP contribution >= 0.6 is 0 Å². The molecule has 0 atom stereocenters. The molecule has 2 rings (SSSR count). The van der Waals surface area contributed by atoms with Gasteiger partial charge < -0.3 is 20.1 Å². The Morgan fingerprint density at radius 1 is 1.10 bits per heavy atom. The Morgan fingerprint density at radius 3 is 2.38 bits per heavy atom. The van der Waals surface area contributed by atoms with Gasteiger partial charge in [0.15, 0.2) is 0 Å². The Bertz CT molecular complexity index is 566. The van der Waals surface area contributed by atoms with Crippen molar-refractivity contribution < 1.29 is 9.47 Å². The number of methoxy groups -OCH3 is 2. The number of ether oxygens (including phenoxy) is 2. The Labute approximate surface area is 125 Å². The van der Waals surface area contributed by atoms with Crippen molar-refractivity contribution >= 4 is 16.7 Å². The summed E-state index contributed by atoms with van der Waals surface area (Å²) in [5.41, 5.74) is 7.96. The molecule has 0 saturated carbocycles. The highest BCUT2D eigenvalue weighted by Crippen LogP contribution is 2.22. The molecule has 0 radical (unpaired) electrons. The summed E-state index contributed by atoms with van der Waals surface area (Å²) in [7, 11) is 3.40. The molecule has 0 spiro atoms. The van der Waals surface area contributed by atoms with Crippen molar-refractivity contribution in [1.29, 1.82) is 0 Å². The van der Waals surface area contributed by atoms with Crippen molar-refractivity contribution in [2.45, 2.75) is 6.54 Å². The van der Waals surface area contributed by atoms with Gasteiger partial charge in [0, 0.05) is 39.2 Å². The number of hydrogen-bond acceptors (Lipinski definition) is 5. The molecule has 1 heterocycles. The molecule has 0 unspecified atom stereocenters. The number of fused-ring (bicyclic) bond motifs is 1. The Balaban J connectivity index is 2.36. The van der Waals surface area contributed by atoms with E-state index in [1.165, 1.54) is 0 Å². The predicted octanol–water partition coefficient (Wildman–Crippen LogP) is 1.79. The largest absolute Gasteiger partial charge is 0.383 e. The van der Waals surface area contributed by atoms with Crippen LogP contribution < -0.4 is 10.6 Å². The highest BCUT2D eigenvalue weighted by Gasteiger charge is 2.11. The van der Waals surface area contributed by atoms with Crippen LogP contribution in [-0.2, 0) is 16.0 Å². The average molecular weight is 289 g/mol. The van der Waals surface area contributed by atoms with Crippen molar-refractivity contribution in [2.75, 3.05) is 45.4 Å². The van der Waals surface area contributed by atoms with Crippen LogP contribution in [-0.4, -0.2) is 45.5 Å². The highest BCUT2D eigenvalue weighted by molar-refractivity contribution is 5.84. The lowest BCUT2D eigenvalue weighted by Crippen LogP contribution is -2.31. The number of para-hydroxylation sites is 1. The number of nitrogens with zero attached hydrogens (tertiary/aromatic N) is 2. The molecule has 5 nitrogen and oxygen atoms in total. The maximum Gasteiger partial charge on any atom is 0.129 e. The first-order valence-electron chi connectivity index (χ1n) is 7.11. The first-order valence-corrected chi connectivity index (χ1v) is 7.11. The number of nitrogens with two attached hydrogens (primary N) is 1. The second-order valence-electron chi connectivity index (χ2n) is 4.83. The lowest BCUT2D eigenvalue weighted by molar-refractivity contribution is 0.190. The van der Waals surface area contributed by atoms with Gasteiger partial charge in [-0.1, -0.05) is 18.2 Å². The van der Waals surface area contributed by atoms with E-state index in [0.717, 1.165) is 35.4 Å². The van der Waals surface area contributed by atoms with Gasteiger partial charge in [-0.15, -0.1) is 0 Å². The monoisotopic (exact) mass is 289 g/mol. The molecular weight excluding hydrogens is 266 g/mol. The summed E-state index contributed by atoms with van der Waals surface area (Å²) in [6.45, 7) is 3.34. The molecule has 0 saturated heterocycles. The van der Waals surface area contributed by atoms with E-state index in [0.29, 0.717) is 19.8 Å². The molecule has 0 aliphatic heterocycles. The molecule has 0 amide bonds. The molecular formula is C16H23N3O2. The quantitative estimate of drug-likeness (QED) is 0.803. The van der Waals surface area contributed by atoms with Gasteiger partial charge in [0.1, 0.15) is 5.82 Å². The molecule has 0 bridgehead atoms. The van der Waals surface area contributed by atoms with Gasteiger partial charge in [0.25, 0.3) is 0 Å². The fourth-order valence-corrected chi connectivity index (χ4v) is 2.31. The molecule has 0 fully saturated rings. The number of pyridine rings is 1. The minimum Gasteiger partial charge on any atom is -0.383 e. The topological polar surface area (TPSA) is 60.6 Å². The SMILES string of the molecule is COCCN(CCOC)c1cc(CN)c2ccccc2n1. The van der Waals surface area contributed by atoms with Gasteiger partial charge in [0.2, 0.25) is 0 Å². The molecule has 0 aliphatic carbocycles. The smallest absolute Gasteiger partial charge is 0.129 e. The van der Waals surface area contributed by atoms with Crippen LogP contribution in [0.2, 0.25) is 0 Å². The minimum atomic E-state index is 0.498. The Morgan fingerprint density at radius 2 is 1.76 bits per heavy atom. The van der Waals surface area contributed by atoms with Crippen molar-refractivity contribution in [3.63, 3.8) is 0 Å². The molecule has 2 N–H and O–H groups in total. The van der Waals surface area contributed by atoms with Crippen molar-refractivity contribution in [2.24, 2.45) is 5.73 Å². The normalized spacial score (nSPS) is 11.0. The first kappa shape index (κ1) is 15.7. The zero-order chi connectivity index (χ0) is 15.1. The summed E-state index contributed by atoms with van der Waals surface area (Å²) in [4.78, 5) is 6.91. The van der Waals surface area contributed by atoms with Gasteiger partial charge in [-0.2, -0.15) is 0 Å². The lowest BCUT2D eigenvalue weighted by atomic mass is 10.1. The van der Waals surface area contributed by atoms with E-state index < -0.39 is 0 Å². The Kier molecular flexibility index (Phi) is 5.92. The number of hydrogen-bond donors (Lipinski definition) is 1. The van der Waals surface area contributed by atoms with Crippen LogP contribution in [0, 0.1) is 0 Å². The van der Waals surface area contributed by atoms with Crippen molar-refractivity contribution in [3.05, 3.63) is 35.9 Å². The van der Waals surface area contributed by atoms with E-state index in [-0.39, 0.29) is 0 Å². The van der Waals surface area contributed by atoms with E-state index in [1.807, 2.05) is 18.2 Å². The maximum atomic E-state index is 5.89. The third-order valence-electron chi connectivity index (χ3n) is 3.46. The zero-order valence-corrected chi connectivity index (χ0v) is 12.7. The fourth-order valence-electron chi connectivity index (χ4n) is 2.31. The summed E-state index contributed by atoms with van der Waals surface area (Å²) in [5, 5.41) is 1.11. The zero-order valence-electron chi connectivity index (χ0n) is 12.7. The van der Waals surface area contributed by atoms with Gasteiger partial charge in [0.05, 0.1) is 18.7 Å². The Hall–Kier alpha value is -1.69. The number of rotatable bonds is 8. The summed E-state index contributed by atoms with van der Waals surface area (Å²) in [6.07, 6.45) is 0. The summed E-state index contributed by atoms with van der Waals surface area (Å²) < 4.78 is 10.4. The van der Waals surface area contributed by atoms with Gasteiger partial charge >= 0.3 is 0 Å². The maximum absolute atomic E-state index is 5.89. The number of benzene rings is 1. The van der Waals surface area contributed by atoms with E-state index >= 15 is 0 Å². The van der Waals surface area contributed by atoms with Crippen LogP contribution in [0.4, 0.5) is 5.82 Å². The van der Waals surface area contributed by atoms with Crippen LogP contribution in [0.5, 0.6) is 0 Å². The molecule has 0 aliphatic rings. The van der Waals surface area contributed by atoms with Gasteiger partial charge in [-0.05, 0) is 17.7 Å². The standard InChI is InChI=1S/C16H23N3O2/c1-20-9-7-19(8-10-21-2)16-11-13(12-17)14-5-3-4-6-15(14)18-16/h3-6,11H,7-10,12,17H2,1-2H3. The molecule has 5 heteroatoms. The third-order valence-corrected chi connectivity index (χ3v) is 3.46. The van der Waals surface area contributed by atoms with E-state index in [2.05, 4.69) is 17.0 Å². The van der Waals surface area contributed by atoms with E-state index in [4.69, 9.17) is 20.2 Å². The average Bonchev–Trinajstić information content (AvgIpc) is 2.54. The van der Waals surface area contributed by atoms with Crippen LogP contribution in [0.1, 0.15) is 5.56 Å². The minimum absolute atomic E-state index is 0.498. The molecule has 114 valence electrons. The summed E-state index contributed by atoms with van der Waals surface area (Å²) in [5.74, 6) is 0.920. The van der Waals surface area contributed by atoms with Crippen LogP contribution in [0.3, 0.4) is 0 Å². The summed E-state index contributed by atoms with van der Waals surface area (Å²) in [6, 6.07) is 10.1. The fraction of sp³-hybridized carbons (Fsp3) is 0.438.